The van der Waals surface area contributed by atoms with Gasteiger partial charge >= 0.3 is 0 Å². The first-order valence-corrected chi connectivity index (χ1v) is 7.09. The Hall–Kier alpha value is -0.750. The Balaban J connectivity index is 2.23. The molecule has 3 nitrogen and oxygen atoms in total. The first kappa shape index (κ1) is 13.7. The van der Waals surface area contributed by atoms with Crippen LogP contribution < -0.4 is 11.3 Å². The van der Waals surface area contributed by atoms with Crippen molar-refractivity contribution in [2.75, 3.05) is 0 Å². The van der Waals surface area contributed by atoms with E-state index in [0.717, 1.165) is 26.5 Å². The number of aromatic nitrogens is 1. The molecule has 0 aliphatic carbocycles. The summed E-state index contributed by atoms with van der Waals surface area (Å²) in [6.45, 7) is 0. The Bertz CT molecular complexity index is 517. The standard InChI is InChI=1S/C13H13Br2N3/c14-10-3-4-11(12(15)7-10)13(18-16)6-9-2-1-5-17-8-9/h1-5,7-8,13,18H,6,16H2. The summed E-state index contributed by atoms with van der Waals surface area (Å²) in [6, 6.07) is 10.1. The maximum atomic E-state index is 5.66. The molecule has 2 rings (SSSR count). The lowest BCUT2D eigenvalue weighted by atomic mass is 10.0. The molecule has 18 heavy (non-hydrogen) atoms. The van der Waals surface area contributed by atoms with E-state index in [0.29, 0.717) is 0 Å². The van der Waals surface area contributed by atoms with Crippen molar-refractivity contribution < 1.29 is 0 Å². The minimum Gasteiger partial charge on any atom is -0.271 e. The maximum absolute atomic E-state index is 5.66. The summed E-state index contributed by atoms with van der Waals surface area (Å²) in [6.07, 6.45) is 4.42. The van der Waals surface area contributed by atoms with Gasteiger partial charge in [0.15, 0.2) is 0 Å². The zero-order valence-electron chi connectivity index (χ0n) is 9.61. The average Bonchev–Trinajstić information content (AvgIpc) is 2.38. The van der Waals surface area contributed by atoms with Crippen molar-refractivity contribution in [1.29, 1.82) is 0 Å². The van der Waals surface area contributed by atoms with Crippen LogP contribution in [0.25, 0.3) is 0 Å². The normalized spacial score (nSPS) is 12.4. The van der Waals surface area contributed by atoms with Gasteiger partial charge in [-0.1, -0.05) is 44.0 Å². The zero-order chi connectivity index (χ0) is 13.0. The van der Waals surface area contributed by atoms with Gasteiger partial charge in [0.2, 0.25) is 0 Å². The molecule has 0 saturated heterocycles. The van der Waals surface area contributed by atoms with Crippen LogP contribution in [0.2, 0.25) is 0 Å². The smallest absolute Gasteiger partial charge is 0.0512 e. The van der Waals surface area contributed by atoms with Crippen LogP contribution in [0, 0.1) is 0 Å². The molecule has 2 aromatic rings. The van der Waals surface area contributed by atoms with E-state index < -0.39 is 0 Å². The highest BCUT2D eigenvalue weighted by molar-refractivity contribution is 9.11. The van der Waals surface area contributed by atoms with Gasteiger partial charge in [0.05, 0.1) is 6.04 Å². The molecule has 1 aromatic carbocycles. The van der Waals surface area contributed by atoms with E-state index in [1.54, 1.807) is 6.20 Å². The van der Waals surface area contributed by atoms with E-state index in [1.807, 2.05) is 30.5 Å². The summed E-state index contributed by atoms with van der Waals surface area (Å²) >= 11 is 7.00. The predicted molar refractivity (Wildman–Crippen MR) is 79.8 cm³/mol. The lowest BCUT2D eigenvalue weighted by Gasteiger charge is -2.18. The highest BCUT2D eigenvalue weighted by Gasteiger charge is 2.13. The Morgan fingerprint density at radius 1 is 1.28 bits per heavy atom. The van der Waals surface area contributed by atoms with Crippen LogP contribution in [0.5, 0.6) is 0 Å². The van der Waals surface area contributed by atoms with Crippen molar-refractivity contribution in [3.63, 3.8) is 0 Å². The highest BCUT2D eigenvalue weighted by Crippen LogP contribution is 2.28. The summed E-state index contributed by atoms with van der Waals surface area (Å²) in [5.41, 5.74) is 5.13. The number of nitrogens with one attached hydrogen (secondary N) is 1. The third-order valence-electron chi connectivity index (χ3n) is 2.70. The minimum atomic E-state index is 0.0525. The molecule has 0 saturated carbocycles. The number of rotatable bonds is 4. The largest absolute Gasteiger partial charge is 0.271 e. The Kier molecular flexibility index (Phi) is 4.88. The van der Waals surface area contributed by atoms with E-state index in [-0.39, 0.29) is 6.04 Å². The molecule has 0 radical (unpaired) electrons. The molecule has 1 atom stereocenters. The summed E-state index contributed by atoms with van der Waals surface area (Å²) in [5.74, 6) is 5.66. The summed E-state index contributed by atoms with van der Waals surface area (Å²) in [7, 11) is 0. The van der Waals surface area contributed by atoms with Crippen LogP contribution in [0.3, 0.4) is 0 Å². The van der Waals surface area contributed by atoms with E-state index in [4.69, 9.17) is 5.84 Å². The monoisotopic (exact) mass is 369 g/mol. The van der Waals surface area contributed by atoms with Crippen LogP contribution in [0.1, 0.15) is 17.2 Å². The van der Waals surface area contributed by atoms with Crippen LogP contribution in [0.4, 0.5) is 0 Å². The third-order valence-corrected chi connectivity index (χ3v) is 3.88. The fourth-order valence-electron chi connectivity index (χ4n) is 1.80. The molecule has 0 aliphatic rings. The lowest BCUT2D eigenvalue weighted by Crippen LogP contribution is -2.29. The molecular weight excluding hydrogens is 358 g/mol. The van der Waals surface area contributed by atoms with Crippen LogP contribution in [-0.4, -0.2) is 4.98 Å². The molecule has 3 N–H and O–H groups in total. The molecule has 0 bridgehead atoms. The summed E-state index contributed by atoms with van der Waals surface area (Å²) in [5, 5.41) is 0. The Labute approximate surface area is 123 Å². The number of hydrazine groups is 1. The molecule has 1 unspecified atom stereocenters. The van der Waals surface area contributed by atoms with Crippen molar-refractivity contribution >= 4 is 31.9 Å². The Morgan fingerprint density at radius 2 is 2.11 bits per heavy atom. The zero-order valence-corrected chi connectivity index (χ0v) is 12.8. The van der Waals surface area contributed by atoms with E-state index in [9.17, 15) is 0 Å². The molecule has 5 heteroatoms. The molecule has 94 valence electrons. The molecule has 0 amide bonds. The lowest BCUT2D eigenvalue weighted by molar-refractivity contribution is 0.549. The maximum Gasteiger partial charge on any atom is 0.0512 e. The number of hydrogen-bond acceptors (Lipinski definition) is 3. The topological polar surface area (TPSA) is 50.9 Å². The fourth-order valence-corrected chi connectivity index (χ4v) is 3.12. The van der Waals surface area contributed by atoms with Crippen LogP contribution >= 0.6 is 31.9 Å². The number of pyridine rings is 1. The molecule has 1 heterocycles. The second kappa shape index (κ2) is 6.43. The second-order valence-electron chi connectivity index (χ2n) is 3.95. The van der Waals surface area contributed by atoms with Crippen LogP contribution in [-0.2, 0) is 6.42 Å². The van der Waals surface area contributed by atoms with Crippen molar-refractivity contribution in [3.8, 4) is 0 Å². The van der Waals surface area contributed by atoms with Gasteiger partial charge in [0.1, 0.15) is 0 Å². The highest BCUT2D eigenvalue weighted by atomic mass is 79.9. The quantitative estimate of drug-likeness (QED) is 0.640. The molecule has 0 fully saturated rings. The van der Waals surface area contributed by atoms with Gasteiger partial charge < -0.3 is 0 Å². The van der Waals surface area contributed by atoms with Gasteiger partial charge in [-0.3, -0.25) is 16.3 Å². The van der Waals surface area contributed by atoms with Gasteiger partial charge in [-0.25, -0.2) is 0 Å². The third kappa shape index (κ3) is 3.38. The number of hydrogen-bond donors (Lipinski definition) is 2. The molecule has 0 aliphatic heterocycles. The molecular formula is C13H13Br2N3. The SMILES string of the molecule is NNC(Cc1cccnc1)c1ccc(Br)cc1Br. The average molecular weight is 371 g/mol. The van der Waals surface area contributed by atoms with E-state index in [1.165, 1.54) is 0 Å². The molecule has 1 aromatic heterocycles. The summed E-state index contributed by atoms with van der Waals surface area (Å²) in [4.78, 5) is 4.11. The van der Waals surface area contributed by atoms with Crippen molar-refractivity contribution in [1.82, 2.24) is 10.4 Å². The number of nitrogens with two attached hydrogens (primary N) is 1. The van der Waals surface area contributed by atoms with E-state index >= 15 is 0 Å². The minimum absolute atomic E-state index is 0.0525. The van der Waals surface area contributed by atoms with Gasteiger partial charge in [-0.15, -0.1) is 0 Å². The van der Waals surface area contributed by atoms with Gasteiger partial charge in [-0.2, -0.15) is 0 Å². The van der Waals surface area contributed by atoms with E-state index in [2.05, 4.69) is 48.3 Å². The first-order valence-electron chi connectivity index (χ1n) is 5.50. The van der Waals surface area contributed by atoms with Crippen LogP contribution in [0.15, 0.2) is 51.7 Å². The fraction of sp³-hybridized carbons (Fsp3) is 0.154. The molecule has 0 spiro atoms. The number of nitrogens with zero attached hydrogens (tertiary/aromatic N) is 1. The first-order chi connectivity index (χ1) is 8.70. The second-order valence-corrected chi connectivity index (χ2v) is 5.72. The van der Waals surface area contributed by atoms with Gasteiger partial charge in [0, 0.05) is 21.3 Å². The number of halogens is 2. The van der Waals surface area contributed by atoms with Gasteiger partial charge in [-0.05, 0) is 35.7 Å². The van der Waals surface area contributed by atoms with Crippen molar-refractivity contribution in [2.24, 2.45) is 5.84 Å². The van der Waals surface area contributed by atoms with Crippen molar-refractivity contribution in [3.05, 3.63) is 62.8 Å². The Morgan fingerprint density at radius 3 is 2.72 bits per heavy atom. The summed E-state index contributed by atoms with van der Waals surface area (Å²) < 4.78 is 2.07. The number of benzene rings is 1. The van der Waals surface area contributed by atoms with Gasteiger partial charge in [0.25, 0.3) is 0 Å². The predicted octanol–water partition coefficient (Wildman–Crippen LogP) is 3.35. The van der Waals surface area contributed by atoms with Crippen molar-refractivity contribution in [2.45, 2.75) is 12.5 Å².